The molecule has 0 amide bonds. The molecule has 11 heteroatoms. The minimum atomic E-state index is -1.08. The van der Waals surface area contributed by atoms with Crippen LogP contribution in [0.5, 0.6) is 11.8 Å². The molecular formula is C34H48F3N5O3. The fourth-order valence-electron chi connectivity index (χ4n) is 5.36. The van der Waals surface area contributed by atoms with E-state index in [0.29, 0.717) is 12.3 Å². The summed E-state index contributed by atoms with van der Waals surface area (Å²) in [5.41, 5.74) is 0.226. The van der Waals surface area contributed by atoms with Crippen LogP contribution in [-0.2, 0) is 5.41 Å². The van der Waals surface area contributed by atoms with E-state index in [2.05, 4.69) is 45.9 Å². The normalized spacial score (nSPS) is 15.3. The molecule has 0 aliphatic rings. The number of allylic oxidation sites excluding steroid dienone is 1. The molecule has 0 radical (unpaired) electrons. The van der Waals surface area contributed by atoms with Gasteiger partial charge in [-0.05, 0) is 78.3 Å². The van der Waals surface area contributed by atoms with Crippen molar-refractivity contribution in [3.8, 4) is 23.4 Å². The number of nitrogens with zero attached hydrogens (tertiary/aromatic N) is 4. The van der Waals surface area contributed by atoms with E-state index in [0.717, 1.165) is 37.3 Å². The first-order valence-electron chi connectivity index (χ1n) is 15.7. The highest BCUT2D eigenvalue weighted by Gasteiger charge is 2.33. The number of benzene rings is 1. The topological polar surface area (TPSA) is 95.2 Å². The minimum Gasteiger partial charge on any atom is -0.474 e. The fraction of sp³-hybridized carbons (Fsp3) is 0.588. The van der Waals surface area contributed by atoms with E-state index < -0.39 is 23.2 Å². The molecule has 5 atom stereocenters. The molecule has 3 rings (SSSR count). The predicted molar refractivity (Wildman–Crippen MR) is 169 cm³/mol. The molecule has 2 heterocycles. The zero-order valence-corrected chi connectivity index (χ0v) is 27.8. The number of rotatable bonds is 18. The summed E-state index contributed by atoms with van der Waals surface area (Å²) in [6.45, 7) is 17.8. The molecule has 2 aromatic heterocycles. The van der Waals surface area contributed by atoms with Crippen LogP contribution in [0.4, 0.5) is 13.2 Å². The summed E-state index contributed by atoms with van der Waals surface area (Å²) < 4.78 is 60.8. The highest BCUT2D eigenvalue weighted by molar-refractivity contribution is 5.46. The smallest absolute Gasteiger partial charge is 0.240 e. The first kappa shape index (κ1) is 36.0. The SMILES string of the molecule is C=C(C)C[C@@H](C)C[C@H](CCC)Oc1cc(O[C@@H](C)[C@@H](C)C[C@@H](F)CNC)nc(-c2noc(C(C)(C)c3ccc(F)cc3F)n2)n1. The van der Waals surface area contributed by atoms with Crippen molar-refractivity contribution in [3.05, 3.63) is 59.5 Å². The highest BCUT2D eigenvalue weighted by atomic mass is 19.1. The Hall–Kier alpha value is -3.47. The van der Waals surface area contributed by atoms with Crippen molar-refractivity contribution in [1.29, 1.82) is 0 Å². The van der Waals surface area contributed by atoms with Crippen LogP contribution in [0.2, 0.25) is 0 Å². The standard InChI is InChI=1S/C34H48F3N5O3/c1-10-11-26(15-21(4)14-20(2)3)44-30-18-29(43-23(6)22(5)16-25(36)19-38-9)39-31(40-30)32-41-33(45-42-32)34(7,8)27-13-12-24(35)17-28(27)37/h12-13,17-18,21-23,25-26,38H,2,10-11,14-16,19H2,1,3-9H3/t21-,22+,23+,25-,26+/m1/s1. The molecule has 0 saturated carbocycles. The predicted octanol–water partition coefficient (Wildman–Crippen LogP) is 8.02. The molecular weight excluding hydrogens is 583 g/mol. The largest absolute Gasteiger partial charge is 0.474 e. The summed E-state index contributed by atoms with van der Waals surface area (Å²) >= 11 is 0. The van der Waals surface area contributed by atoms with Gasteiger partial charge in [0.1, 0.15) is 30.0 Å². The van der Waals surface area contributed by atoms with E-state index in [1.165, 1.54) is 12.1 Å². The van der Waals surface area contributed by atoms with Crippen LogP contribution in [0.15, 0.2) is 40.9 Å². The average molecular weight is 632 g/mol. The lowest BCUT2D eigenvalue weighted by atomic mass is 9.84. The lowest BCUT2D eigenvalue weighted by molar-refractivity contribution is 0.123. The molecule has 1 aromatic carbocycles. The Bertz CT molecular complexity index is 1400. The summed E-state index contributed by atoms with van der Waals surface area (Å²) in [6, 6.07) is 4.98. The number of hydrogen-bond donors (Lipinski definition) is 1. The van der Waals surface area contributed by atoms with E-state index in [9.17, 15) is 13.2 Å². The monoisotopic (exact) mass is 631 g/mol. The highest BCUT2D eigenvalue weighted by Crippen LogP contribution is 2.34. The van der Waals surface area contributed by atoms with Crippen LogP contribution >= 0.6 is 0 Å². The van der Waals surface area contributed by atoms with Crippen molar-refractivity contribution in [1.82, 2.24) is 25.4 Å². The van der Waals surface area contributed by atoms with Gasteiger partial charge in [0.25, 0.3) is 0 Å². The molecule has 0 unspecified atom stereocenters. The van der Waals surface area contributed by atoms with Crippen LogP contribution in [0.1, 0.15) is 92.0 Å². The lowest BCUT2D eigenvalue weighted by Gasteiger charge is -2.24. The maximum Gasteiger partial charge on any atom is 0.240 e. The Balaban J connectivity index is 1.97. The maximum absolute atomic E-state index is 14.7. The van der Waals surface area contributed by atoms with Gasteiger partial charge >= 0.3 is 0 Å². The summed E-state index contributed by atoms with van der Waals surface area (Å²) in [5.74, 6) is -0.417. The Morgan fingerprint density at radius 1 is 1.02 bits per heavy atom. The summed E-state index contributed by atoms with van der Waals surface area (Å²) in [4.78, 5) is 13.7. The maximum atomic E-state index is 14.7. The molecule has 3 aromatic rings. The molecule has 0 aliphatic carbocycles. The van der Waals surface area contributed by atoms with Crippen molar-refractivity contribution < 1.29 is 27.2 Å². The van der Waals surface area contributed by atoms with Crippen LogP contribution in [0.25, 0.3) is 11.6 Å². The second-order valence-corrected chi connectivity index (χ2v) is 12.8. The van der Waals surface area contributed by atoms with Gasteiger partial charge in [-0.1, -0.05) is 44.0 Å². The minimum absolute atomic E-state index is 0.0529. The van der Waals surface area contributed by atoms with Gasteiger partial charge in [0.05, 0.1) is 11.5 Å². The second kappa shape index (κ2) is 16.2. The van der Waals surface area contributed by atoms with Crippen LogP contribution < -0.4 is 14.8 Å². The first-order chi connectivity index (χ1) is 21.2. The fourth-order valence-corrected chi connectivity index (χ4v) is 5.36. The Morgan fingerprint density at radius 3 is 2.33 bits per heavy atom. The Kier molecular flexibility index (Phi) is 13.0. The summed E-state index contributed by atoms with van der Waals surface area (Å²) in [7, 11) is 1.72. The van der Waals surface area contributed by atoms with Gasteiger partial charge in [-0.2, -0.15) is 15.0 Å². The molecule has 0 aliphatic heterocycles. The van der Waals surface area contributed by atoms with Gasteiger partial charge in [-0.25, -0.2) is 13.2 Å². The second-order valence-electron chi connectivity index (χ2n) is 12.8. The van der Waals surface area contributed by atoms with Crippen LogP contribution in [-0.4, -0.2) is 52.1 Å². The van der Waals surface area contributed by atoms with Crippen LogP contribution in [0.3, 0.4) is 0 Å². The molecule has 248 valence electrons. The molecule has 8 nitrogen and oxygen atoms in total. The zero-order valence-electron chi connectivity index (χ0n) is 27.8. The number of alkyl halides is 1. The van der Waals surface area contributed by atoms with E-state index in [4.69, 9.17) is 14.0 Å². The van der Waals surface area contributed by atoms with E-state index in [1.54, 1.807) is 27.0 Å². The molecule has 0 saturated heterocycles. The van der Waals surface area contributed by atoms with Crippen molar-refractivity contribution >= 4 is 0 Å². The first-order valence-corrected chi connectivity index (χ1v) is 15.7. The van der Waals surface area contributed by atoms with Crippen molar-refractivity contribution in [2.75, 3.05) is 13.6 Å². The van der Waals surface area contributed by atoms with Gasteiger partial charge in [0.15, 0.2) is 0 Å². The summed E-state index contributed by atoms with van der Waals surface area (Å²) in [5, 5.41) is 6.95. The number of aromatic nitrogens is 4. The van der Waals surface area contributed by atoms with Crippen molar-refractivity contribution in [2.45, 2.75) is 104 Å². The quantitative estimate of drug-likeness (QED) is 0.141. The Labute approximate surface area is 265 Å². The number of nitrogens with one attached hydrogen (secondary N) is 1. The van der Waals surface area contributed by atoms with Gasteiger partial charge in [0.2, 0.25) is 29.3 Å². The number of halogens is 3. The van der Waals surface area contributed by atoms with Crippen LogP contribution in [0, 0.1) is 23.5 Å². The van der Waals surface area contributed by atoms with Gasteiger partial charge in [0, 0.05) is 18.2 Å². The Morgan fingerprint density at radius 2 is 1.71 bits per heavy atom. The van der Waals surface area contributed by atoms with Gasteiger partial charge < -0.3 is 19.3 Å². The van der Waals surface area contributed by atoms with E-state index in [-0.39, 0.29) is 59.5 Å². The third-order valence-electron chi connectivity index (χ3n) is 7.87. The average Bonchev–Trinajstić information content (AvgIpc) is 3.44. The zero-order chi connectivity index (χ0) is 33.3. The molecule has 1 N–H and O–H groups in total. The molecule has 0 bridgehead atoms. The molecule has 0 fully saturated rings. The van der Waals surface area contributed by atoms with Crippen molar-refractivity contribution in [2.24, 2.45) is 11.8 Å². The number of ether oxygens (including phenoxy) is 2. The third kappa shape index (κ3) is 10.3. The van der Waals surface area contributed by atoms with E-state index >= 15 is 0 Å². The summed E-state index contributed by atoms with van der Waals surface area (Å²) in [6.07, 6.45) is 2.23. The third-order valence-corrected chi connectivity index (χ3v) is 7.87. The van der Waals surface area contributed by atoms with Crippen molar-refractivity contribution in [3.63, 3.8) is 0 Å². The molecule has 0 spiro atoms. The number of hydrogen-bond acceptors (Lipinski definition) is 8. The van der Waals surface area contributed by atoms with Gasteiger partial charge in [-0.3, -0.25) is 0 Å². The van der Waals surface area contributed by atoms with E-state index in [1.807, 2.05) is 20.8 Å². The lowest BCUT2D eigenvalue weighted by Crippen LogP contribution is -2.28. The molecule has 45 heavy (non-hydrogen) atoms. The van der Waals surface area contributed by atoms with Gasteiger partial charge in [-0.15, -0.1) is 6.58 Å².